The van der Waals surface area contributed by atoms with Crippen molar-refractivity contribution < 1.29 is 9.47 Å². The molecule has 0 saturated carbocycles. The van der Waals surface area contributed by atoms with Crippen molar-refractivity contribution in [1.82, 2.24) is 9.38 Å². The lowest BCUT2D eigenvalue weighted by atomic mass is 10.1. The van der Waals surface area contributed by atoms with Gasteiger partial charge in [-0.15, -0.1) is 0 Å². The molecule has 0 fully saturated rings. The summed E-state index contributed by atoms with van der Waals surface area (Å²) < 4.78 is 12.1. The zero-order valence-corrected chi connectivity index (χ0v) is 12.7. The summed E-state index contributed by atoms with van der Waals surface area (Å²) in [5.74, 6) is 1.24. The summed E-state index contributed by atoms with van der Waals surface area (Å²) in [7, 11) is 3.16. The molecule has 0 saturated heterocycles. The summed E-state index contributed by atoms with van der Waals surface area (Å²) in [5.41, 5.74) is 2.90. The first-order valence-corrected chi connectivity index (χ1v) is 6.85. The molecule has 0 atom stereocenters. The van der Waals surface area contributed by atoms with Crippen LogP contribution < -0.4 is 15.0 Å². The Bertz CT molecular complexity index is 900. The van der Waals surface area contributed by atoms with Crippen molar-refractivity contribution in [3.05, 3.63) is 58.5 Å². The second kappa shape index (κ2) is 5.52. The summed E-state index contributed by atoms with van der Waals surface area (Å²) in [4.78, 5) is 16.9. The average Bonchev–Trinajstić information content (AvgIpc) is 2.55. The summed E-state index contributed by atoms with van der Waals surface area (Å²) >= 11 is 0. The predicted octanol–water partition coefficient (Wildman–Crippen LogP) is 2.69. The highest BCUT2D eigenvalue weighted by molar-refractivity contribution is 5.66. The standard InChI is InChI=1S/C17H16N2O3/c1-11-5-4-8-19-16(20)10-13(18-17(11)19)12-6-7-14(21-2)15(9-12)22-3/h4-10H,1-3H3. The van der Waals surface area contributed by atoms with Gasteiger partial charge in [0.15, 0.2) is 11.5 Å². The van der Waals surface area contributed by atoms with E-state index in [1.807, 2.05) is 31.2 Å². The molecule has 0 aliphatic carbocycles. The van der Waals surface area contributed by atoms with Gasteiger partial charge in [0, 0.05) is 17.8 Å². The molecular formula is C17H16N2O3. The third-order valence-electron chi connectivity index (χ3n) is 3.57. The fraction of sp³-hybridized carbons (Fsp3) is 0.176. The van der Waals surface area contributed by atoms with Crippen LogP contribution in [0.2, 0.25) is 0 Å². The van der Waals surface area contributed by atoms with Gasteiger partial charge in [-0.25, -0.2) is 4.98 Å². The number of fused-ring (bicyclic) bond motifs is 1. The number of aryl methyl sites for hydroxylation is 1. The molecule has 0 spiro atoms. The Morgan fingerprint density at radius 1 is 1.05 bits per heavy atom. The molecule has 0 aliphatic heterocycles. The molecule has 1 aromatic carbocycles. The van der Waals surface area contributed by atoms with Gasteiger partial charge in [-0.2, -0.15) is 0 Å². The molecule has 5 nitrogen and oxygen atoms in total. The van der Waals surface area contributed by atoms with Crippen LogP contribution in [0, 0.1) is 6.92 Å². The van der Waals surface area contributed by atoms with Crippen molar-refractivity contribution in [1.29, 1.82) is 0 Å². The maximum Gasteiger partial charge on any atom is 0.258 e. The van der Waals surface area contributed by atoms with E-state index in [1.54, 1.807) is 30.9 Å². The fourth-order valence-electron chi connectivity index (χ4n) is 2.40. The molecule has 0 unspecified atom stereocenters. The van der Waals surface area contributed by atoms with Crippen molar-refractivity contribution in [3.8, 4) is 22.8 Å². The largest absolute Gasteiger partial charge is 0.493 e. The van der Waals surface area contributed by atoms with Gasteiger partial charge in [0.25, 0.3) is 5.56 Å². The van der Waals surface area contributed by atoms with Crippen LogP contribution in [-0.2, 0) is 0 Å². The van der Waals surface area contributed by atoms with E-state index in [2.05, 4.69) is 4.98 Å². The summed E-state index contributed by atoms with van der Waals surface area (Å²) in [6, 6.07) is 10.8. The smallest absolute Gasteiger partial charge is 0.258 e. The monoisotopic (exact) mass is 296 g/mol. The molecule has 0 aliphatic rings. The van der Waals surface area contributed by atoms with Gasteiger partial charge in [0.1, 0.15) is 5.65 Å². The lowest BCUT2D eigenvalue weighted by Crippen LogP contribution is -2.14. The van der Waals surface area contributed by atoms with Gasteiger partial charge in [-0.3, -0.25) is 9.20 Å². The van der Waals surface area contributed by atoms with Crippen LogP contribution in [0.25, 0.3) is 16.9 Å². The van der Waals surface area contributed by atoms with Crippen LogP contribution in [0.3, 0.4) is 0 Å². The normalized spacial score (nSPS) is 10.7. The summed E-state index contributed by atoms with van der Waals surface area (Å²) in [6.07, 6.45) is 1.72. The van der Waals surface area contributed by atoms with Crippen LogP contribution in [0.1, 0.15) is 5.56 Å². The highest BCUT2D eigenvalue weighted by atomic mass is 16.5. The molecular weight excluding hydrogens is 280 g/mol. The van der Waals surface area contributed by atoms with E-state index in [1.165, 1.54) is 6.07 Å². The number of pyridine rings is 1. The zero-order chi connectivity index (χ0) is 15.7. The van der Waals surface area contributed by atoms with Crippen molar-refractivity contribution >= 4 is 5.65 Å². The van der Waals surface area contributed by atoms with Crippen LogP contribution in [0.4, 0.5) is 0 Å². The lowest BCUT2D eigenvalue weighted by molar-refractivity contribution is 0.355. The summed E-state index contributed by atoms with van der Waals surface area (Å²) in [5, 5.41) is 0. The van der Waals surface area contributed by atoms with Crippen LogP contribution in [0.15, 0.2) is 47.4 Å². The number of benzene rings is 1. The number of nitrogens with zero attached hydrogens (tertiary/aromatic N) is 2. The molecule has 0 radical (unpaired) electrons. The summed E-state index contributed by atoms with van der Waals surface area (Å²) in [6.45, 7) is 1.93. The van der Waals surface area contributed by atoms with Gasteiger partial charge in [-0.05, 0) is 36.8 Å². The van der Waals surface area contributed by atoms with E-state index < -0.39 is 0 Å². The Kier molecular flexibility index (Phi) is 3.55. The molecule has 5 heteroatoms. The Hall–Kier alpha value is -2.82. The number of ether oxygens (including phenoxy) is 2. The minimum absolute atomic E-state index is 0.113. The Balaban J connectivity index is 2.22. The van der Waals surface area contributed by atoms with Crippen LogP contribution in [-0.4, -0.2) is 23.6 Å². The molecule has 0 bridgehead atoms. The quantitative estimate of drug-likeness (QED) is 0.745. The van der Waals surface area contributed by atoms with Gasteiger partial charge in [0.2, 0.25) is 0 Å². The number of aromatic nitrogens is 2. The number of rotatable bonds is 3. The SMILES string of the molecule is COc1ccc(-c2cc(=O)n3cccc(C)c3n2)cc1OC. The minimum atomic E-state index is -0.113. The van der Waals surface area contributed by atoms with Gasteiger partial charge >= 0.3 is 0 Å². The van der Waals surface area contributed by atoms with Crippen LogP contribution >= 0.6 is 0 Å². The highest BCUT2D eigenvalue weighted by Gasteiger charge is 2.10. The Morgan fingerprint density at radius 3 is 2.55 bits per heavy atom. The molecule has 0 N–H and O–H groups in total. The second-order valence-electron chi connectivity index (χ2n) is 4.93. The van der Waals surface area contributed by atoms with E-state index in [4.69, 9.17) is 9.47 Å². The van der Waals surface area contributed by atoms with E-state index in [0.717, 1.165) is 11.1 Å². The molecule has 2 aromatic heterocycles. The maximum atomic E-state index is 12.3. The third-order valence-corrected chi connectivity index (χ3v) is 3.57. The van der Waals surface area contributed by atoms with Crippen LogP contribution in [0.5, 0.6) is 11.5 Å². The first-order valence-electron chi connectivity index (χ1n) is 6.85. The highest BCUT2D eigenvalue weighted by Crippen LogP contribution is 2.31. The first-order chi connectivity index (χ1) is 10.6. The third kappa shape index (κ3) is 2.30. The van der Waals surface area contributed by atoms with Gasteiger partial charge < -0.3 is 9.47 Å². The lowest BCUT2D eigenvalue weighted by Gasteiger charge is -2.10. The van der Waals surface area contributed by atoms with Crippen molar-refractivity contribution in [2.24, 2.45) is 0 Å². The first kappa shape index (κ1) is 14.1. The van der Waals surface area contributed by atoms with E-state index >= 15 is 0 Å². The Morgan fingerprint density at radius 2 is 1.82 bits per heavy atom. The average molecular weight is 296 g/mol. The molecule has 112 valence electrons. The maximum absolute atomic E-state index is 12.3. The fourth-order valence-corrected chi connectivity index (χ4v) is 2.40. The molecule has 2 heterocycles. The van der Waals surface area contributed by atoms with Crippen molar-refractivity contribution in [3.63, 3.8) is 0 Å². The Labute approximate surface area is 127 Å². The van der Waals surface area contributed by atoms with Gasteiger partial charge in [0.05, 0.1) is 19.9 Å². The number of hydrogen-bond acceptors (Lipinski definition) is 4. The van der Waals surface area contributed by atoms with E-state index in [0.29, 0.717) is 22.8 Å². The van der Waals surface area contributed by atoms with Crippen molar-refractivity contribution in [2.75, 3.05) is 14.2 Å². The van der Waals surface area contributed by atoms with E-state index in [9.17, 15) is 4.79 Å². The zero-order valence-electron chi connectivity index (χ0n) is 12.7. The molecule has 3 rings (SSSR count). The molecule has 0 amide bonds. The van der Waals surface area contributed by atoms with Crippen molar-refractivity contribution in [2.45, 2.75) is 6.92 Å². The second-order valence-corrected chi connectivity index (χ2v) is 4.93. The van der Waals surface area contributed by atoms with Gasteiger partial charge in [-0.1, -0.05) is 6.07 Å². The minimum Gasteiger partial charge on any atom is -0.493 e. The topological polar surface area (TPSA) is 52.8 Å². The predicted molar refractivity (Wildman–Crippen MR) is 84.7 cm³/mol. The molecule has 3 aromatic rings. The molecule has 22 heavy (non-hydrogen) atoms. The van der Waals surface area contributed by atoms with E-state index in [-0.39, 0.29) is 5.56 Å². The number of methoxy groups -OCH3 is 2. The number of hydrogen-bond donors (Lipinski definition) is 0.